The van der Waals surface area contributed by atoms with Crippen LogP contribution in [0, 0.1) is 0 Å². The summed E-state index contributed by atoms with van der Waals surface area (Å²) in [5.74, 6) is 0.138. The number of likely N-dealkylation sites (tertiary alicyclic amines) is 1. The molecule has 5 heteroatoms. The fourth-order valence-corrected chi connectivity index (χ4v) is 2.47. The van der Waals surface area contributed by atoms with Crippen LogP contribution in [-0.2, 0) is 4.79 Å². The number of hydrogen-bond donors (Lipinski definition) is 1. The quantitative estimate of drug-likeness (QED) is 0.855. The molecule has 1 amide bonds. The van der Waals surface area contributed by atoms with E-state index >= 15 is 0 Å². The number of amides is 1. The Hall–Kier alpha value is -1.36. The molecule has 1 aliphatic rings. The maximum atomic E-state index is 12.2. The summed E-state index contributed by atoms with van der Waals surface area (Å²) >= 11 is 0. The van der Waals surface area contributed by atoms with Crippen LogP contribution >= 0.6 is 0 Å². The summed E-state index contributed by atoms with van der Waals surface area (Å²) in [5.41, 5.74) is 0. The highest BCUT2D eigenvalue weighted by molar-refractivity contribution is 5.77. The Morgan fingerprint density at radius 3 is 3.00 bits per heavy atom. The van der Waals surface area contributed by atoms with Crippen LogP contribution in [0.2, 0.25) is 0 Å². The Balaban J connectivity index is 1.94. The fourth-order valence-electron chi connectivity index (χ4n) is 2.47. The van der Waals surface area contributed by atoms with Crippen molar-refractivity contribution in [1.29, 1.82) is 0 Å². The SMILES string of the molecule is CCCC(CC(=O)N1CC[C@@H](O)C1)n1ccnc1. The van der Waals surface area contributed by atoms with Crippen molar-refractivity contribution in [1.82, 2.24) is 14.5 Å². The second-order valence-corrected chi connectivity index (χ2v) is 4.94. The molecule has 0 spiro atoms. The fraction of sp³-hybridized carbons (Fsp3) is 0.692. The van der Waals surface area contributed by atoms with Gasteiger partial charge in [0.15, 0.2) is 0 Å². The lowest BCUT2D eigenvalue weighted by Gasteiger charge is -2.21. The molecule has 1 unspecified atom stereocenters. The van der Waals surface area contributed by atoms with Crippen molar-refractivity contribution in [3.8, 4) is 0 Å². The van der Waals surface area contributed by atoms with Gasteiger partial charge in [-0.25, -0.2) is 4.98 Å². The van der Waals surface area contributed by atoms with Crippen LogP contribution in [0.3, 0.4) is 0 Å². The Morgan fingerprint density at radius 2 is 2.44 bits per heavy atom. The standard InChI is InChI=1S/C13H21N3O2/c1-2-3-11(16-7-5-14-10-16)8-13(18)15-6-4-12(17)9-15/h5,7,10-12,17H,2-4,6,8-9H2,1H3/t11?,12-/m1/s1. The van der Waals surface area contributed by atoms with E-state index in [2.05, 4.69) is 11.9 Å². The molecule has 2 rings (SSSR count). The van der Waals surface area contributed by atoms with Crippen LogP contribution in [0.4, 0.5) is 0 Å². The zero-order valence-corrected chi connectivity index (χ0v) is 10.8. The molecule has 1 saturated heterocycles. The van der Waals surface area contributed by atoms with Crippen molar-refractivity contribution in [2.24, 2.45) is 0 Å². The van der Waals surface area contributed by atoms with Gasteiger partial charge in [-0.05, 0) is 12.8 Å². The second kappa shape index (κ2) is 6.00. The summed E-state index contributed by atoms with van der Waals surface area (Å²) in [5, 5.41) is 9.46. The van der Waals surface area contributed by atoms with E-state index in [9.17, 15) is 9.90 Å². The normalized spacial score (nSPS) is 21.2. The van der Waals surface area contributed by atoms with Crippen molar-refractivity contribution in [3.63, 3.8) is 0 Å². The number of β-amino-alcohol motifs (C(OH)–C–C–N with tert-alkyl or cyclic N) is 1. The van der Waals surface area contributed by atoms with E-state index in [1.54, 1.807) is 17.4 Å². The molecule has 1 aromatic rings. The predicted molar refractivity (Wildman–Crippen MR) is 68.0 cm³/mol. The van der Waals surface area contributed by atoms with Crippen LogP contribution in [0.15, 0.2) is 18.7 Å². The maximum absolute atomic E-state index is 12.2. The summed E-state index contributed by atoms with van der Waals surface area (Å²) in [6.07, 6.45) is 8.29. The van der Waals surface area contributed by atoms with E-state index in [0.717, 1.165) is 12.8 Å². The molecular formula is C13H21N3O2. The van der Waals surface area contributed by atoms with E-state index in [1.807, 2.05) is 10.8 Å². The van der Waals surface area contributed by atoms with Gasteiger partial charge < -0.3 is 14.6 Å². The number of hydrogen-bond acceptors (Lipinski definition) is 3. The molecule has 2 atom stereocenters. The van der Waals surface area contributed by atoms with Crippen LogP contribution in [0.25, 0.3) is 0 Å². The first kappa shape index (κ1) is 13.1. The molecule has 0 saturated carbocycles. The van der Waals surface area contributed by atoms with Gasteiger partial charge in [-0.1, -0.05) is 13.3 Å². The average molecular weight is 251 g/mol. The van der Waals surface area contributed by atoms with Gasteiger partial charge in [0.25, 0.3) is 0 Å². The summed E-state index contributed by atoms with van der Waals surface area (Å²) in [7, 11) is 0. The van der Waals surface area contributed by atoms with Crippen LogP contribution < -0.4 is 0 Å². The van der Waals surface area contributed by atoms with Crippen LogP contribution in [-0.4, -0.2) is 44.7 Å². The molecule has 100 valence electrons. The van der Waals surface area contributed by atoms with E-state index < -0.39 is 0 Å². The van der Waals surface area contributed by atoms with Gasteiger partial charge in [-0.2, -0.15) is 0 Å². The number of aliphatic hydroxyl groups excluding tert-OH is 1. The Labute approximate surface area is 107 Å². The third-order valence-electron chi connectivity index (χ3n) is 3.49. The van der Waals surface area contributed by atoms with E-state index in [-0.39, 0.29) is 18.1 Å². The minimum Gasteiger partial charge on any atom is -0.391 e. The number of aromatic nitrogens is 2. The van der Waals surface area contributed by atoms with Gasteiger partial charge in [0, 0.05) is 37.9 Å². The van der Waals surface area contributed by atoms with E-state index in [0.29, 0.717) is 25.9 Å². The Bertz CT molecular complexity index is 378. The van der Waals surface area contributed by atoms with Crippen LogP contribution in [0.5, 0.6) is 0 Å². The predicted octanol–water partition coefficient (Wildman–Crippen LogP) is 1.21. The van der Waals surface area contributed by atoms with E-state index in [1.165, 1.54) is 0 Å². The van der Waals surface area contributed by atoms with Crippen molar-refractivity contribution < 1.29 is 9.90 Å². The molecule has 18 heavy (non-hydrogen) atoms. The first-order valence-electron chi connectivity index (χ1n) is 6.64. The minimum absolute atomic E-state index is 0.138. The lowest BCUT2D eigenvalue weighted by molar-refractivity contribution is -0.131. The van der Waals surface area contributed by atoms with Crippen LogP contribution in [0.1, 0.15) is 38.6 Å². The topological polar surface area (TPSA) is 58.4 Å². The molecule has 0 bridgehead atoms. The molecule has 1 fully saturated rings. The smallest absolute Gasteiger partial charge is 0.224 e. The lowest BCUT2D eigenvalue weighted by atomic mass is 10.1. The number of aliphatic hydroxyl groups is 1. The summed E-state index contributed by atoms with van der Waals surface area (Å²) in [6.45, 7) is 3.29. The number of carbonyl (C=O) groups excluding carboxylic acids is 1. The maximum Gasteiger partial charge on any atom is 0.224 e. The van der Waals surface area contributed by atoms with Gasteiger partial charge >= 0.3 is 0 Å². The van der Waals surface area contributed by atoms with Gasteiger partial charge in [-0.15, -0.1) is 0 Å². The molecule has 0 aliphatic carbocycles. The van der Waals surface area contributed by atoms with Gasteiger partial charge in [0.1, 0.15) is 0 Å². The Morgan fingerprint density at radius 1 is 1.61 bits per heavy atom. The molecule has 5 nitrogen and oxygen atoms in total. The average Bonchev–Trinajstić information content (AvgIpc) is 2.98. The first-order chi connectivity index (χ1) is 8.70. The van der Waals surface area contributed by atoms with Crippen molar-refractivity contribution in [2.75, 3.05) is 13.1 Å². The number of carbonyl (C=O) groups is 1. The van der Waals surface area contributed by atoms with Gasteiger partial charge in [0.2, 0.25) is 5.91 Å². The molecular weight excluding hydrogens is 230 g/mol. The third kappa shape index (κ3) is 3.10. The Kier molecular flexibility index (Phi) is 4.36. The number of nitrogens with zero attached hydrogens (tertiary/aromatic N) is 3. The zero-order chi connectivity index (χ0) is 13.0. The van der Waals surface area contributed by atoms with E-state index in [4.69, 9.17) is 0 Å². The first-order valence-corrected chi connectivity index (χ1v) is 6.64. The number of imidazole rings is 1. The minimum atomic E-state index is -0.341. The summed E-state index contributed by atoms with van der Waals surface area (Å²) in [4.78, 5) is 18.0. The number of rotatable bonds is 5. The summed E-state index contributed by atoms with van der Waals surface area (Å²) < 4.78 is 2.01. The van der Waals surface area contributed by atoms with Crippen molar-refractivity contribution in [2.45, 2.75) is 44.8 Å². The molecule has 1 N–H and O–H groups in total. The van der Waals surface area contributed by atoms with Gasteiger partial charge in [-0.3, -0.25) is 4.79 Å². The second-order valence-electron chi connectivity index (χ2n) is 4.94. The van der Waals surface area contributed by atoms with Gasteiger partial charge in [0.05, 0.1) is 12.4 Å². The monoisotopic (exact) mass is 251 g/mol. The summed E-state index contributed by atoms with van der Waals surface area (Å²) in [6, 6.07) is 0.183. The molecule has 2 heterocycles. The van der Waals surface area contributed by atoms with Crippen molar-refractivity contribution >= 4 is 5.91 Å². The van der Waals surface area contributed by atoms with Crippen molar-refractivity contribution in [3.05, 3.63) is 18.7 Å². The molecule has 0 radical (unpaired) electrons. The molecule has 1 aromatic heterocycles. The molecule has 0 aromatic carbocycles. The highest BCUT2D eigenvalue weighted by Crippen LogP contribution is 2.20. The highest BCUT2D eigenvalue weighted by Gasteiger charge is 2.26. The largest absolute Gasteiger partial charge is 0.391 e. The molecule has 1 aliphatic heterocycles. The zero-order valence-electron chi connectivity index (χ0n) is 10.8. The third-order valence-corrected chi connectivity index (χ3v) is 3.49. The lowest BCUT2D eigenvalue weighted by Crippen LogP contribution is -2.31. The highest BCUT2D eigenvalue weighted by atomic mass is 16.3.